The maximum absolute atomic E-state index is 10.1. The van der Waals surface area contributed by atoms with E-state index in [0.717, 1.165) is 0 Å². The van der Waals surface area contributed by atoms with Crippen molar-refractivity contribution < 1.29 is 20.1 Å². The Morgan fingerprint density at radius 1 is 1.04 bits per heavy atom. The molecule has 1 aliphatic heterocycles. The molecule has 1 aliphatic rings. The Balaban J connectivity index is 1.80. The fourth-order valence-electron chi connectivity index (χ4n) is 2.63. The van der Waals surface area contributed by atoms with E-state index in [2.05, 4.69) is 25.1 Å². The molecule has 0 aliphatic carbocycles. The molecule has 0 saturated carbocycles. The van der Waals surface area contributed by atoms with Crippen molar-refractivity contribution in [1.82, 2.24) is 34.3 Å². The highest BCUT2D eigenvalue weighted by Gasteiger charge is 2.44. The number of hydrogen-bond acceptors (Lipinski definition) is 9. The number of aliphatic hydroxyl groups excluding tert-OH is 3. The van der Waals surface area contributed by atoms with Crippen LogP contribution in [-0.4, -0.2) is 74.5 Å². The third-order valence-corrected chi connectivity index (χ3v) is 3.79. The summed E-state index contributed by atoms with van der Waals surface area (Å²) < 4.78 is 8.58. The highest BCUT2D eigenvalue weighted by Crippen LogP contribution is 2.31. The van der Waals surface area contributed by atoms with Crippen molar-refractivity contribution in [3.8, 4) is 5.82 Å². The zero-order valence-electron chi connectivity index (χ0n) is 11.7. The molecule has 0 spiro atoms. The molecule has 4 rings (SSSR count). The van der Waals surface area contributed by atoms with E-state index in [1.54, 1.807) is 4.57 Å². The number of ether oxygens (including phenoxy) is 1. The molecule has 0 bridgehead atoms. The van der Waals surface area contributed by atoms with E-state index in [0.29, 0.717) is 17.0 Å². The van der Waals surface area contributed by atoms with Gasteiger partial charge < -0.3 is 20.1 Å². The number of nitrogens with zero attached hydrogens (tertiary/aromatic N) is 7. The first-order valence-corrected chi connectivity index (χ1v) is 6.85. The summed E-state index contributed by atoms with van der Waals surface area (Å²) in [6.07, 6.45) is 1.56. The zero-order chi connectivity index (χ0) is 16.0. The molecule has 11 heteroatoms. The Hall–Kier alpha value is -2.47. The van der Waals surface area contributed by atoms with Crippen LogP contribution in [0, 0.1) is 0 Å². The summed E-state index contributed by atoms with van der Waals surface area (Å²) in [5.74, 6) is 0.477. The Morgan fingerprint density at radius 2 is 1.83 bits per heavy atom. The molecule has 4 atom stereocenters. The average molecular weight is 319 g/mol. The van der Waals surface area contributed by atoms with Crippen molar-refractivity contribution in [1.29, 1.82) is 0 Å². The van der Waals surface area contributed by atoms with Gasteiger partial charge >= 0.3 is 0 Å². The molecule has 0 amide bonds. The Kier molecular flexibility index (Phi) is 3.27. The van der Waals surface area contributed by atoms with Gasteiger partial charge in [0.25, 0.3) is 0 Å². The molecule has 23 heavy (non-hydrogen) atoms. The Bertz CT molecular complexity index is 820. The summed E-state index contributed by atoms with van der Waals surface area (Å²) in [6, 6.07) is 0. The monoisotopic (exact) mass is 319 g/mol. The van der Waals surface area contributed by atoms with E-state index in [1.165, 1.54) is 29.9 Å². The third kappa shape index (κ3) is 2.09. The third-order valence-electron chi connectivity index (χ3n) is 3.79. The Labute approximate surface area is 128 Å². The topological polar surface area (TPSA) is 144 Å². The van der Waals surface area contributed by atoms with E-state index in [1.807, 2.05) is 0 Å². The lowest BCUT2D eigenvalue weighted by molar-refractivity contribution is -0.0511. The normalized spacial score (nSPS) is 27.8. The minimum atomic E-state index is -1.21. The van der Waals surface area contributed by atoms with Crippen molar-refractivity contribution in [3.05, 3.63) is 25.3 Å². The number of fused-ring (bicyclic) bond motifs is 1. The minimum Gasteiger partial charge on any atom is -0.394 e. The van der Waals surface area contributed by atoms with Crippen molar-refractivity contribution >= 4 is 11.2 Å². The molecule has 3 aromatic heterocycles. The zero-order valence-corrected chi connectivity index (χ0v) is 11.7. The highest BCUT2D eigenvalue weighted by molar-refractivity contribution is 5.78. The molecular formula is C12H13N7O4. The van der Waals surface area contributed by atoms with Crippen LogP contribution in [0.4, 0.5) is 0 Å². The molecule has 11 nitrogen and oxygen atoms in total. The number of aromatic nitrogens is 7. The van der Waals surface area contributed by atoms with Crippen LogP contribution in [-0.2, 0) is 4.74 Å². The van der Waals surface area contributed by atoms with Crippen LogP contribution >= 0.6 is 0 Å². The van der Waals surface area contributed by atoms with Crippen molar-refractivity contribution in [2.75, 3.05) is 6.61 Å². The highest BCUT2D eigenvalue weighted by atomic mass is 16.6. The molecule has 3 N–H and O–H groups in total. The van der Waals surface area contributed by atoms with E-state index in [-0.39, 0.29) is 0 Å². The van der Waals surface area contributed by atoms with Crippen LogP contribution < -0.4 is 0 Å². The summed E-state index contributed by atoms with van der Waals surface area (Å²) in [5.41, 5.74) is 0.878. The molecule has 1 unspecified atom stereocenters. The van der Waals surface area contributed by atoms with E-state index in [4.69, 9.17) is 4.74 Å². The van der Waals surface area contributed by atoms with Gasteiger partial charge in [-0.1, -0.05) is 0 Å². The smallest absolute Gasteiger partial charge is 0.170 e. The molecule has 0 radical (unpaired) electrons. The van der Waals surface area contributed by atoms with Gasteiger partial charge in [-0.15, -0.1) is 10.2 Å². The molecular weight excluding hydrogens is 306 g/mol. The lowest BCUT2D eigenvalue weighted by atomic mass is 10.1. The van der Waals surface area contributed by atoms with Crippen LogP contribution in [0.5, 0.6) is 0 Å². The first-order valence-electron chi connectivity index (χ1n) is 6.85. The summed E-state index contributed by atoms with van der Waals surface area (Å²) >= 11 is 0. The number of hydrogen-bond donors (Lipinski definition) is 3. The van der Waals surface area contributed by atoms with Gasteiger partial charge in [-0.25, -0.2) is 15.0 Å². The van der Waals surface area contributed by atoms with E-state index >= 15 is 0 Å². The first kappa shape index (κ1) is 14.1. The summed E-state index contributed by atoms with van der Waals surface area (Å²) in [6.45, 7) is -0.400. The largest absolute Gasteiger partial charge is 0.394 e. The molecule has 120 valence electrons. The summed E-state index contributed by atoms with van der Waals surface area (Å²) in [7, 11) is 0. The van der Waals surface area contributed by atoms with E-state index < -0.39 is 31.1 Å². The SMILES string of the molecule is OC[C@H]1OC(n2cnc3c(-n4cnnc4)ncnc32)[C@H](O)[C@@H]1O. The van der Waals surface area contributed by atoms with Crippen molar-refractivity contribution in [2.24, 2.45) is 0 Å². The van der Waals surface area contributed by atoms with Gasteiger partial charge in [0.15, 0.2) is 23.2 Å². The average Bonchev–Trinajstić information content (AvgIpc) is 3.28. The van der Waals surface area contributed by atoms with Crippen LogP contribution in [0.1, 0.15) is 6.23 Å². The van der Waals surface area contributed by atoms with Gasteiger partial charge in [-0.3, -0.25) is 9.13 Å². The standard InChI is InChI=1S/C12H13N7O4/c20-1-6-8(21)9(22)12(23-6)19-3-15-7-10(13-2-14-11(7)19)18-4-16-17-5-18/h2-6,8-9,12,20-22H,1H2/t6-,8-,9-,12?/m1/s1. The first-order chi connectivity index (χ1) is 11.2. The van der Waals surface area contributed by atoms with Crippen LogP contribution in [0.3, 0.4) is 0 Å². The van der Waals surface area contributed by atoms with Crippen molar-refractivity contribution in [3.63, 3.8) is 0 Å². The molecule has 3 aromatic rings. The molecule has 4 heterocycles. The quantitative estimate of drug-likeness (QED) is 0.500. The minimum absolute atomic E-state index is 0.400. The van der Waals surface area contributed by atoms with Gasteiger partial charge in [-0.05, 0) is 0 Å². The lowest BCUT2D eigenvalue weighted by Crippen LogP contribution is -2.33. The van der Waals surface area contributed by atoms with Crippen LogP contribution in [0.15, 0.2) is 25.3 Å². The Morgan fingerprint density at radius 3 is 2.52 bits per heavy atom. The van der Waals surface area contributed by atoms with Crippen LogP contribution in [0.25, 0.3) is 17.0 Å². The maximum Gasteiger partial charge on any atom is 0.170 e. The van der Waals surface area contributed by atoms with Gasteiger partial charge in [0.2, 0.25) is 0 Å². The molecule has 1 fully saturated rings. The second-order valence-corrected chi connectivity index (χ2v) is 5.12. The van der Waals surface area contributed by atoms with Crippen LogP contribution in [0.2, 0.25) is 0 Å². The second kappa shape index (κ2) is 5.31. The molecule has 0 aromatic carbocycles. The fourth-order valence-corrected chi connectivity index (χ4v) is 2.63. The summed E-state index contributed by atoms with van der Waals surface area (Å²) in [5, 5.41) is 36.7. The number of rotatable bonds is 3. The lowest BCUT2D eigenvalue weighted by Gasteiger charge is -2.16. The van der Waals surface area contributed by atoms with E-state index in [9.17, 15) is 15.3 Å². The number of imidazole rings is 1. The second-order valence-electron chi connectivity index (χ2n) is 5.12. The fraction of sp³-hybridized carbons (Fsp3) is 0.417. The van der Waals surface area contributed by atoms with Gasteiger partial charge in [-0.2, -0.15) is 0 Å². The van der Waals surface area contributed by atoms with Gasteiger partial charge in [0.05, 0.1) is 12.9 Å². The van der Waals surface area contributed by atoms with Crippen molar-refractivity contribution in [2.45, 2.75) is 24.5 Å². The van der Waals surface area contributed by atoms with Gasteiger partial charge in [0, 0.05) is 0 Å². The number of aliphatic hydroxyl groups is 3. The predicted molar refractivity (Wildman–Crippen MR) is 73.2 cm³/mol. The molecule has 1 saturated heterocycles. The maximum atomic E-state index is 10.1. The summed E-state index contributed by atoms with van der Waals surface area (Å²) in [4.78, 5) is 12.6. The van der Waals surface area contributed by atoms with Gasteiger partial charge in [0.1, 0.15) is 37.3 Å². The predicted octanol–water partition coefficient (Wildman–Crippen LogP) is -1.98.